The highest BCUT2D eigenvalue weighted by Crippen LogP contribution is 2.25. The van der Waals surface area contributed by atoms with Crippen molar-refractivity contribution in [2.45, 2.75) is 18.0 Å². The van der Waals surface area contributed by atoms with Crippen molar-refractivity contribution in [3.8, 4) is 5.75 Å². The minimum Gasteiger partial charge on any atom is -0.489 e. The highest BCUT2D eigenvalue weighted by molar-refractivity contribution is 7.89. The molecule has 0 aliphatic heterocycles. The number of halogens is 2. The Kier molecular flexibility index (Phi) is 9.73. The van der Waals surface area contributed by atoms with Crippen LogP contribution in [0.3, 0.4) is 0 Å². The molecule has 200 valence electrons. The molecule has 0 bridgehead atoms. The number of carbonyl (C=O) groups excluding carboxylic acids is 1. The predicted octanol–water partition coefficient (Wildman–Crippen LogP) is 5.91. The molecule has 0 atom stereocenters. The number of hydrazone groups is 1. The second kappa shape index (κ2) is 13.4. The summed E-state index contributed by atoms with van der Waals surface area (Å²) < 4.78 is 33.6. The van der Waals surface area contributed by atoms with Gasteiger partial charge < -0.3 is 4.74 Å². The smallest absolute Gasteiger partial charge is 0.255 e. The van der Waals surface area contributed by atoms with Gasteiger partial charge in [-0.1, -0.05) is 89.9 Å². The molecular weight excluding hydrogens is 557 g/mol. The van der Waals surface area contributed by atoms with Crippen molar-refractivity contribution in [2.24, 2.45) is 5.10 Å². The molecule has 1 N–H and O–H groups in total. The fourth-order valence-electron chi connectivity index (χ4n) is 3.61. The lowest BCUT2D eigenvalue weighted by Gasteiger charge is -2.21. The van der Waals surface area contributed by atoms with Gasteiger partial charge in [0.2, 0.25) is 10.0 Å². The molecule has 1 amide bonds. The Balaban J connectivity index is 1.43. The van der Waals surface area contributed by atoms with E-state index in [-0.39, 0.29) is 16.5 Å². The first-order chi connectivity index (χ1) is 18.8. The Morgan fingerprint density at radius 3 is 2.28 bits per heavy atom. The third kappa shape index (κ3) is 8.15. The molecule has 39 heavy (non-hydrogen) atoms. The number of amides is 1. The largest absolute Gasteiger partial charge is 0.489 e. The lowest BCUT2D eigenvalue weighted by atomic mass is 10.2. The summed E-state index contributed by atoms with van der Waals surface area (Å²) in [4.78, 5) is 12.8. The fraction of sp³-hybridized carbons (Fsp3) is 0.103. The summed E-state index contributed by atoms with van der Waals surface area (Å²) in [5, 5.41) is 4.64. The minimum atomic E-state index is -4.00. The first kappa shape index (κ1) is 28.3. The Morgan fingerprint density at radius 2 is 1.56 bits per heavy atom. The van der Waals surface area contributed by atoms with Crippen molar-refractivity contribution < 1.29 is 17.9 Å². The van der Waals surface area contributed by atoms with Gasteiger partial charge in [-0.2, -0.15) is 9.41 Å². The Hall–Kier alpha value is -3.69. The molecule has 0 unspecified atom stereocenters. The van der Waals surface area contributed by atoms with Crippen LogP contribution in [0.25, 0.3) is 0 Å². The highest BCUT2D eigenvalue weighted by Gasteiger charge is 2.27. The van der Waals surface area contributed by atoms with Gasteiger partial charge in [-0.25, -0.2) is 13.8 Å². The molecule has 7 nitrogen and oxygen atoms in total. The molecule has 0 spiro atoms. The average Bonchev–Trinajstić information content (AvgIpc) is 2.95. The van der Waals surface area contributed by atoms with E-state index in [1.54, 1.807) is 42.5 Å². The zero-order valence-corrected chi connectivity index (χ0v) is 23.0. The van der Waals surface area contributed by atoms with Gasteiger partial charge in [0.15, 0.2) is 0 Å². The number of hydrogen-bond donors (Lipinski definition) is 1. The molecular formula is C29H25Cl2N3O4S. The summed E-state index contributed by atoms with van der Waals surface area (Å²) >= 11 is 12.1. The van der Waals surface area contributed by atoms with Crippen LogP contribution in [0, 0.1) is 0 Å². The molecule has 0 radical (unpaired) electrons. The average molecular weight is 583 g/mol. The maximum Gasteiger partial charge on any atom is 0.255 e. The number of ether oxygens (including phenoxy) is 1. The lowest BCUT2D eigenvalue weighted by Crippen LogP contribution is -2.39. The summed E-state index contributed by atoms with van der Waals surface area (Å²) in [6.45, 7) is -0.135. The van der Waals surface area contributed by atoms with E-state index in [1.807, 2.05) is 48.5 Å². The van der Waals surface area contributed by atoms with Crippen molar-refractivity contribution in [1.82, 2.24) is 9.73 Å². The van der Waals surface area contributed by atoms with Gasteiger partial charge in [-0.15, -0.1) is 0 Å². The number of benzene rings is 4. The van der Waals surface area contributed by atoms with E-state index in [2.05, 4.69) is 10.5 Å². The van der Waals surface area contributed by atoms with Crippen molar-refractivity contribution in [3.63, 3.8) is 0 Å². The maximum absolute atomic E-state index is 13.4. The van der Waals surface area contributed by atoms with Gasteiger partial charge in [0.1, 0.15) is 12.4 Å². The molecule has 10 heteroatoms. The van der Waals surface area contributed by atoms with Crippen molar-refractivity contribution in [2.75, 3.05) is 6.54 Å². The van der Waals surface area contributed by atoms with Gasteiger partial charge >= 0.3 is 0 Å². The Labute approximate surface area is 237 Å². The van der Waals surface area contributed by atoms with Gasteiger partial charge in [-0.3, -0.25) is 4.79 Å². The van der Waals surface area contributed by atoms with Crippen LogP contribution < -0.4 is 10.2 Å². The minimum absolute atomic E-state index is 0.0636. The molecule has 0 aliphatic rings. The molecule has 0 aromatic heterocycles. The van der Waals surface area contributed by atoms with Crippen LogP contribution in [-0.2, 0) is 28.0 Å². The molecule has 4 aromatic rings. The standard InChI is InChI=1S/C29H25Cl2N3O4S/c30-27-15-14-24(17-28(27)31)19-34(39(36,37)26-12-5-2-6-13-26)20-29(35)33-32-18-23-10-7-11-25(16-23)38-21-22-8-3-1-4-9-22/h1-18H,19-21H2,(H,33,35)/b32-18-. The zero-order chi connectivity index (χ0) is 27.7. The van der Waals surface area contributed by atoms with Crippen LogP contribution in [0.1, 0.15) is 16.7 Å². The van der Waals surface area contributed by atoms with Gasteiger partial charge in [0, 0.05) is 6.54 Å². The molecule has 0 heterocycles. The number of sulfonamides is 1. The summed E-state index contributed by atoms with van der Waals surface area (Å²) in [6, 6.07) is 29.7. The van der Waals surface area contributed by atoms with E-state index >= 15 is 0 Å². The van der Waals surface area contributed by atoms with Crippen molar-refractivity contribution >= 4 is 45.3 Å². The van der Waals surface area contributed by atoms with Crippen LogP contribution in [0.2, 0.25) is 10.0 Å². The molecule has 0 saturated carbocycles. The van der Waals surface area contributed by atoms with Crippen LogP contribution in [0.15, 0.2) is 113 Å². The first-order valence-electron chi connectivity index (χ1n) is 11.9. The number of carbonyl (C=O) groups is 1. The zero-order valence-electron chi connectivity index (χ0n) is 20.7. The highest BCUT2D eigenvalue weighted by atomic mass is 35.5. The van der Waals surface area contributed by atoms with Crippen LogP contribution >= 0.6 is 23.2 Å². The van der Waals surface area contributed by atoms with Gasteiger partial charge in [0.05, 0.1) is 27.7 Å². The van der Waals surface area contributed by atoms with E-state index in [1.165, 1.54) is 18.3 Å². The van der Waals surface area contributed by atoms with Crippen LogP contribution in [0.4, 0.5) is 0 Å². The SMILES string of the molecule is O=C(CN(Cc1ccc(Cl)c(Cl)c1)S(=O)(=O)c1ccccc1)N/N=C\c1cccc(OCc2ccccc2)c1. The van der Waals surface area contributed by atoms with Crippen molar-refractivity contribution in [1.29, 1.82) is 0 Å². The Morgan fingerprint density at radius 1 is 0.846 bits per heavy atom. The number of nitrogens with one attached hydrogen (secondary N) is 1. The molecule has 4 rings (SSSR count). The third-order valence-corrected chi connectivity index (χ3v) is 8.10. The monoisotopic (exact) mass is 581 g/mol. The molecule has 4 aromatic carbocycles. The molecule has 0 aliphatic carbocycles. The van der Waals surface area contributed by atoms with Crippen LogP contribution in [0.5, 0.6) is 5.75 Å². The van der Waals surface area contributed by atoms with Crippen LogP contribution in [-0.4, -0.2) is 31.4 Å². The summed E-state index contributed by atoms with van der Waals surface area (Å²) in [7, 11) is -4.00. The van der Waals surface area contributed by atoms with E-state index in [9.17, 15) is 13.2 Å². The normalized spacial score (nSPS) is 11.6. The topological polar surface area (TPSA) is 88.1 Å². The van der Waals surface area contributed by atoms with Gasteiger partial charge in [-0.05, 0) is 53.1 Å². The molecule has 0 saturated heterocycles. The first-order valence-corrected chi connectivity index (χ1v) is 14.1. The third-order valence-electron chi connectivity index (χ3n) is 5.55. The number of nitrogens with zero attached hydrogens (tertiary/aromatic N) is 2. The molecule has 0 fully saturated rings. The maximum atomic E-state index is 13.4. The fourth-order valence-corrected chi connectivity index (χ4v) is 5.34. The predicted molar refractivity (Wildman–Crippen MR) is 153 cm³/mol. The van der Waals surface area contributed by atoms with E-state index < -0.39 is 22.5 Å². The number of rotatable bonds is 11. The summed E-state index contributed by atoms with van der Waals surface area (Å²) in [6.07, 6.45) is 1.46. The summed E-state index contributed by atoms with van der Waals surface area (Å²) in [5.74, 6) is 0.0400. The van der Waals surface area contributed by atoms with E-state index in [4.69, 9.17) is 27.9 Å². The van der Waals surface area contributed by atoms with Gasteiger partial charge in [0.25, 0.3) is 5.91 Å². The second-order valence-corrected chi connectivity index (χ2v) is 11.2. The summed E-state index contributed by atoms with van der Waals surface area (Å²) in [5.41, 5.74) is 4.72. The second-order valence-electron chi connectivity index (χ2n) is 8.47. The van der Waals surface area contributed by atoms with E-state index in [0.29, 0.717) is 28.5 Å². The number of hydrogen-bond acceptors (Lipinski definition) is 5. The quantitative estimate of drug-likeness (QED) is 0.176. The van der Waals surface area contributed by atoms with E-state index in [0.717, 1.165) is 9.87 Å². The lowest BCUT2D eigenvalue weighted by molar-refractivity contribution is -0.121. The Bertz CT molecular complexity index is 1550. The van der Waals surface area contributed by atoms with Crippen molar-refractivity contribution in [3.05, 3.63) is 130 Å².